The first kappa shape index (κ1) is 16.6. The molecule has 1 unspecified atom stereocenters. The quantitative estimate of drug-likeness (QED) is 0.662. The van der Waals surface area contributed by atoms with Crippen molar-refractivity contribution in [2.45, 2.75) is 12.3 Å². The number of nitrogens with zero attached hydrogens (tertiary/aromatic N) is 2. The maximum atomic E-state index is 12.1. The van der Waals surface area contributed by atoms with Crippen LogP contribution in [0.15, 0.2) is 54.7 Å². The zero-order valence-corrected chi connectivity index (χ0v) is 14.6. The highest BCUT2D eigenvalue weighted by Gasteiger charge is 2.23. The van der Waals surface area contributed by atoms with Crippen LogP contribution < -0.4 is 10.6 Å². The van der Waals surface area contributed by atoms with Gasteiger partial charge >= 0.3 is 6.03 Å². The Morgan fingerprint density at radius 3 is 3.00 bits per heavy atom. The van der Waals surface area contributed by atoms with Crippen molar-refractivity contribution >= 4 is 22.6 Å². The molecule has 0 saturated carbocycles. The van der Waals surface area contributed by atoms with E-state index in [4.69, 9.17) is 0 Å². The number of benzene rings is 2. The summed E-state index contributed by atoms with van der Waals surface area (Å²) in [6.45, 7) is 3.66. The van der Waals surface area contributed by atoms with E-state index >= 15 is 0 Å². The molecule has 26 heavy (non-hydrogen) atoms. The molecule has 4 rings (SSSR count). The Kier molecular flexibility index (Phi) is 4.84. The van der Waals surface area contributed by atoms with Gasteiger partial charge in [-0.2, -0.15) is 5.10 Å². The van der Waals surface area contributed by atoms with Crippen LogP contribution in [-0.4, -0.2) is 47.3 Å². The highest BCUT2D eigenvalue weighted by Crippen LogP contribution is 2.26. The molecule has 6 nitrogen and oxygen atoms in total. The molecule has 0 spiro atoms. The molecule has 1 fully saturated rings. The van der Waals surface area contributed by atoms with Crippen molar-refractivity contribution in [1.82, 2.24) is 20.4 Å². The summed E-state index contributed by atoms with van der Waals surface area (Å²) in [6.07, 6.45) is 2.93. The summed E-state index contributed by atoms with van der Waals surface area (Å²) in [4.78, 5) is 14.5. The molecule has 1 aliphatic rings. The summed E-state index contributed by atoms with van der Waals surface area (Å²) in [6, 6.07) is 16.2. The second-order valence-corrected chi connectivity index (χ2v) is 6.75. The van der Waals surface area contributed by atoms with Gasteiger partial charge in [0.05, 0.1) is 11.7 Å². The largest absolute Gasteiger partial charge is 0.337 e. The first-order valence-electron chi connectivity index (χ1n) is 9.03. The van der Waals surface area contributed by atoms with Crippen LogP contribution in [0.4, 0.5) is 10.5 Å². The van der Waals surface area contributed by atoms with Gasteiger partial charge in [0, 0.05) is 30.7 Å². The Labute approximate surface area is 152 Å². The normalized spacial score (nSPS) is 17.5. The number of H-pyrrole nitrogens is 1. The molecule has 1 atom stereocenters. The predicted octanol–water partition coefficient (Wildman–Crippen LogP) is 3.17. The smallest absolute Gasteiger partial charge is 0.319 e. The molecule has 0 bridgehead atoms. The molecule has 2 amide bonds. The fourth-order valence-corrected chi connectivity index (χ4v) is 3.56. The lowest BCUT2D eigenvalue weighted by Gasteiger charge is -2.16. The van der Waals surface area contributed by atoms with Gasteiger partial charge in [0.1, 0.15) is 0 Å². The van der Waals surface area contributed by atoms with E-state index in [1.54, 1.807) is 6.20 Å². The summed E-state index contributed by atoms with van der Waals surface area (Å²) in [7, 11) is 0. The summed E-state index contributed by atoms with van der Waals surface area (Å²) < 4.78 is 0. The number of carbonyl (C=O) groups excluding carboxylic acids is 1. The van der Waals surface area contributed by atoms with Gasteiger partial charge in [-0.1, -0.05) is 30.3 Å². The standard InChI is InChI=1S/C20H23N5O/c26-20(23-18-6-7-19-17(12-18)13-22-24-19)21-9-11-25-10-8-16(14-25)15-4-2-1-3-5-15/h1-7,12-13,16H,8-11,14H2,(H,22,24)(H2,21,23,26). The molecular formula is C20H23N5O. The van der Waals surface area contributed by atoms with Crippen molar-refractivity contribution in [2.75, 3.05) is 31.5 Å². The van der Waals surface area contributed by atoms with Crippen LogP contribution in [-0.2, 0) is 0 Å². The van der Waals surface area contributed by atoms with E-state index in [-0.39, 0.29) is 6.03 Å². The van der Waals surface area contributed by atoms with Crippen LogP contribution in [0.25, 0.3) is 10.9 Å². The monoisotopic (exact) mass is 349 g/mol. The Morgan fingerprint density at radius 1 is 1.23 bits per heavy atom. The second-order valence-electron chi connectivity index (χ2n) is 6.75. The molecule has 1 saturated heterocycles. The van der Waals surface area contributed by atoms with E-state index in [0.29, 0.717) is 12.5 Å². The minimum atomic E-state index is -0.174. The van der Waals surface area contributed by atoms with Gasteiger partial charge in [-0.25, -0.2) is 4.79 Å². The third kappa shape index (κ3) is 3.86. The molecule has 2 aromatic carbocycles. The minimum Gasteiger partial charge on any atom is -0.337 e. The van der Waals surface area contributed by atoms with Gasteiger partial charge in [0.25, 0.3) is 0 Å². The number of hydrogen-bond donors (Lipinski definition) is 3. The van der Waals surface area contributed by atoms with Crippen LogP contribution in [0.1, 0.15) is 17.9 Å². The molecule has 3 N–H and O–H groups in total. The lowest BCUT2D eigenvalue weighted by Crippen LogP contribution is -2.36. The van der Waals surface area contributed by atoms with Crippen molar-refractivity contribution in [3.8, 4) is 0 Å². The van der Waals surface area contributed by atoms with Gasteiger partial charge < -0.3 is 15.5 Å². The molecule has 1 aromatic heterocycles. The molecular weight excluding hydrogens is 326 g/mol. The number of likely N-dealkylation sites (tertiary alicyclic amines) is 1. The number of aromatic nitrogens is 2. The van der Waals surface area contributed by atoms with Gasteiger partial charge in [0.15, 0.2) is 0 Å². The molecule has 134 valence electrons. The first-order valence-corrected chi connectivity index (χ1v) is 9.03. The molecule has 0 aliphatic carbocycles. The number of carbonyl (C=O) groups is 1. The average molecular weight is 349 g/mol. The number of urea groups is 1. The van der Waals surface area contributed by atoms with Crippen molar-refractivity contribution in [3.63, 3.8) is 0 Å². The number of nitrogens with one attached hydrogen (secondary N) is 3. The number of fused-ring (bicyclic) bond motifs is 1. The van der Waals surface area contributed by atoms with Gasteiger partial charge in [-0.05, 0) is 42.6 Å². The number of aromatic amines is 1. The van der Waals surface area contributed by atoms with E-state index in [2.05, 4.69) is 56.1 Å². The zero-order chi connectivity index (χ0) is 17.8. The summed E-state index contributed by atoms with van der Waals surface area (Å²) in [5.74, 6) is 0.603. The highest BCUT2D eigenvalue weighted by atomic mass is 16.2. The molecule has 0 radical (unpaired) electrons. The minimum absolute atomic E-state index is 0.174. The summed E-state index contributed by atoms with van der Waals surface area (Å²) in [5.41, 5.74) is 3.13. The SMILES string of the molecule is O=C(NCCN1CCC(c2ccccc2)C1)Nc1ccc2[nH]ncc2c1. The Balaban J connectivity index is 1.21. The Morgan fingerprint density at radius 2 is 2.12 bits per heavy atom. The zero-order valence-electron chi connectivity index (χ0n) is 14.6. The van der Waals surface area contributed by atoms with Crippen LogP contribution in [0, 0.1) is 0 Å². The van der Waals surface area contributed by atoms with Crippen molar-refractivity contribution in [1.29, 1.82) is 0 Å². The van der Waals surface area contributed by atoms with Crippen LogP contribution in [0.5, 0.6) is 0 Å². The van der Waals surface area contributed by atoms with E-state index in [9.17, 15) is 4.79 Å². The summed E-state index contributed by atoms with van der Waals surface area (Å²) in [5, 5.41) is 13.7. The van der Waals surface area contributed by atoms with E-state index in [1.807, 2.05) is 18.2 Å². The number of hydrogen-bond acceptors (Lipinski definition) is 3. The highest BCUT2D eigenvalue weighted by molar-refractivity contribution is 5.92. The third-order valence-corrected chi connectivity index (χ3v) is 4.96. The maximum Gasteiger partial charge on any atom is 0.319 e. The Bertz CT molecular complexity index is 876. The van der Waals surface area contributed by atoms with Crippen molar-refractivity contribution in [2.24, 2.45) is 0 Å². The van der Waals surface area contributed by atoms with Gasteiger partial charge in [-0.3, -0.25) is 5.10 Å². The van der Waals surface area contributed by atoms with E-state index in [1.165, 1.54) is 12.0 Å². The molecule has 1 aliphatic heterocycles. The third-order valence-electron chi connectivity index (χ3n) is 4.96. The maximum absolute atomic E-state index is 12.1. The molecule has 3 aromatic rings. The number of rotatable bonds is 5. The topological polar surface area (TPSA) is 73.1 Å². The fraction of sp³-hybridized carbons (Fsp3) is 0.300. The molecule has 2 heterocycles. The number of anilines is 1. The fourth-order valence-electron chi connectivity index (χ4n) is 3.56. The van der Waals surface area contributed by atoms with Gasteiger partial charge in [0.2, 0.25) is 0 Å². The van der Waals surface area contributed by atoms with Crippen LogP contribution in [0.2, 0.25) is 0 Å². The Hall–Kier alpha value is -2.86. The van der Waals surface area contributed by atoms with E-state index < -0.39 is 0 Å². The predicted molar refractivity (Wildman–Crippen MR) is 103 cm³/mol. The lowest BCUT2D eigenvalue weighted by atomic mass is 9.99. The lowest BCUT2D eigenvalue weighted by molar-refractivity contribution is 0.249. The van der Waals surface area contributed by atoms with Crippen molar-refractivity contribution in [3.05, 3.63) is 60.3 Å². The van der Waals surface area contributed by atoms with Crippen LogP contribution in [0.3, 0.4) is 0 Å². The van der Waals surface area contributed by atoms with E-state index in [0.717, 1.165) is 36.2 Å². The second kappa shape index (κ2) is 7.58. The number of amides is 2. The van der Waals surface area contributed by atoms with Crippen molar-refractivity contribution < 1.29 is 4.79 Å². The average Bonchev–Trinajstić information content (AvgIpc) is 3.31. The van der Waals surface area contributed by atoms with Crippen LogP contribution >= 0.6 is 0 Å². The first-order chi connectivity index (χ1) is 12.8. The summed E-state index contributed by atoms with van der Waals surface area (Å²) >= 11 is 0. The molecule has 6 heteroatoms. The van der Waals surface area contributed by atoms with Gasteiger partial charge in [-0.15, -0.1) is 0 Å².